The van der Waals surface area contributed by atoms with Gasteiger partial charge in [0.05, 0.1) is 17.1 Å². The third-order valence-electron chi connectivity index (χ3n) is 5.48. The van der Waals surface area contributed by atoms with Gasteiger partial charge in [0, 0.05) is 29.2 Å². The lowest BCUT2D eigenvalue weighted by Gasteiger charge is -2.15. The van der Waals surface area contributed by atoms with E-state index in [1.54, 1.807) is 28.4 Å². The van der Waals surface area contributed by atoms with Crippen molar-refractivity contribution in [2.45, 2.75) is 6.92 Å². The lowest BCUT2D eigenvalue weighted by atomic mass is 10.1. The van der Waals surface area contributed by atoms with E-state index in [0.717, 1.165) is 27.4 Å². The van der Waals surface area contributed by atoms with Crippen molar-refractivity contribution in [3.8, 4) is 16.3 Å². The highest BCUT2D eigenvalue weighted by atomic mass is 32.1. The number of cyclic esters (lactones) is 1. The lowest BCUT2D eigenvalue weighted by Crippen LogP contribution is -2.23. The molecular weight excluding hydrogens is 448 g/mol. The van der Waals surface area contributed by atoms with E-state index in [9.17, 15) is 9.59 Å². The molecule has 2 aromatic carbocycles. The lowest BCUT2D eigenvalue weighted by molar-refractivity contribution is -0.111. The number of para-hydroxylation sites is 1. The van der Waals surface area contributed by atoms with Gasteiger partial charge in [0.2, 0.25) is 5.91 Å². The van der Waals surface area contributed by atoms with Crippen LogP contribution in [-0.2, 0) is 9.53 Å². The van der Waals surface area contributed by atoms with Crippen molar-refractivity contribution >= 4 is 40.8 Å². The first-order chi connectivity index (χ1) is 16.6. The van der Waals surface area contributed by atoms with Crippen LogP contribution in [0.1, 0.15) is 11.1 Å². The Morgan fingerprint density at radius 2 is 1.97 bits per heavy atom. The Kier molecular flexibility index (Phi) is 5.97. The summed E-state index contributed by atoms with van der Waals surface area (Å²) < 4.78 is 6.83. The van der Waals surface area contributed by atoms with Crippen molar-refractivity contribution in [2.75, 3.05) is 23.4 Å². The number of hydrogen-bond acceptors (Lipinski definition) is 5. The van der Waals surface area contributed by atoms with Crippen molar-refractivity contribution in [1.82, 2.24) is 9.78 Å². The maximum Gasteiger partial charge on any atom is 0.414 e. The normalized spacial score (nSPS) is 13.4. The quantitative estimate of drug-likeness (QED) is 0.377. The summed E-state index contributed by atoms with van der Waals surface area (Å²) in [6.07, 6.45) is 4.81. The molecule has 34 heavy (non-hydrogen) atoms. The first-order valence-electron chi connectivity index (χ1n) is 10.8. The molecule has 2 amide bonds. The number of benzene rings is 2. The number of nitrogens with zero attached hydrogens (tertiary/aromatic N) is 3. The van der Waals surface area contributed by atoms with Gasteiger partial charge < -0.3 is 10.1 Å². The largest absolute Gasteiger partial charge is 0.447 e. The second-order valence-electron chi connectivity index (χ2n) is 7.78. The van der Waals surface area contributed by atoms with Gasteiger partial charge in [0.15, 0.2) is 0 Å². The van der Waals surface area contributed by atoms with Crippen LogP contribution in [0.15, 0.2) is 78.3 Å². The molecule has 0 unspecified atom stereocenters. The molecule has 0 saturated carbocycles. The molecule has 5 rings (SSSR count). The van der Waals surface area contributed by atoms with Crippen LogP contribution in [0.5, 0.6) is 0 Å². The predicted molar refractivity (Wildman–Crippen MR) is 134 cm³/mol. The molecule has 0 aliphatic carbocycles. The minimum atomic E-state index is -0.377. The molecule has 1 N–H and O–H groups in total. The van der Waals surface area contributed by atoms with Gasteiger partial charge in [-0.2, -0.15) is 5.10 Å². The number of thiophene rings is 1. The van der Waals surface area contributed by atoms with E-state index < -0.39 is 0 Å². The van der Waals surface area contributed by atoms with E-state index in [1.165, 1.54) is 6.08 Å². The summed E-state index contributed by atoms with van der Waals surface area (Å²) in [5.74, 6) is -0.270. The molecule has 7 nitrogen and oxygen atoms in total. The minimum Gasteiger partial charge on any atom is -0.447 e. The zero-order chi connectivity index (χ0) is 23.5. The number of carbonyl (C=O) groups excluding carboxylic acids is 2. The fraction of sp³-hybridized carbons (Fsp3) is 0.115. The number of aromatic nitrogens is 2. The predicted octanol–water partition coefficient (Wildman–Crippen LogP) is 5.52. The number of nitrogens with one attached hydrogen (secondary N) is 1. The third kappa shape index (κ3) is 4.49. The van der Waals surface area contributed by atoms with Gasteiger partial charge in [-0.1, -0.05) is 30.3 Å². The van der Waals surface area contributed by atoms with Crippen molar-refractivity contribution in [2.24, 2.45) is 0 Å². The van der Waals surface area contributed by atoms with Crippen molar-refractivity contribution in [3.05, 3.63) is 89.4 Å². The maximum absolute atomic E-state index is 12.8. The molecule has 8 heteroatoms. The molecule has 1 fully saturated rings. The third-order valence-corrected chi connectivity index (χ3v) is 6.36. The van der Waals surface area contributed by atoms with Gasteiger partial charge in [-0.05, 0) is 54.3 Å². The van der Waals surface area contributed by atoms with Crippen molar-refractivity contribution < 1.29 is 14.3 Å². The number of amides is 2. The number of carbonyl (C=O) groups is 2. The van der Waals surface area contributed by atoms with Crippen LogP contribution >= 0.6 is 11.3 Å². The summed E-state index contributed by atoms with van der Waals surface area (Å²) in [7, 11) is 0. The number of aryl methyl sites for hydroxylation is 1. The molecule has 3 heterocycles. The molecule has 1 aliphatic rings. The summed E-state index contributed by atoms with van der Waals surface area (Å²) in [4.78, 5) is 27.2. The molecule has 0 bridgehead atoms. The Balaban J connectivity index is 1.39. The summed E-state index contributed by atoms with van der Waals surface area (Å²) in [6, 6.07) is 19.4. The van der Waals surface area contributed by atoms with Gasteiger partial charge in [-0.15, -0.1) is 11.3 Å². The average molecular weight is 471 g/mol. The summed E-state index contributed by atoms with van der Waals surface area (Å²) in [5.41, 5.74) is 4.83. The second kappa shape index (κ2) is 9.36. The first kappa shape index (κ1) is 21.7. The molecule has 0 atom stereocenters. The number of rotatable bonds is 6. The highest BCUT2D eigenvalue weighted by Crippen LogP contribution is 2.29. The molecule has 0 radical (unpaired) electrons. The van der Waals surface area contributed by atoms with Crippen LogP contribution in [0.25, 0.3) is 22.3 Å². The highest BCUT2D eigenvalue weighted by Gasteiger charge is 2.24. The molecule has 1 saturated heterocycles. The number of hydrogen-bond donors (Lipinski definition) is 1. The van der Waals surface area contributed by atoms with E-state index in [-0.39, 0.29) is 12.0 Å². The Bertz CT molecular complexity index is 1360. The minimum absolute atomic E-state index is 0.270. The average Bonchev–Trinajstić information content (AvgIpc) is 3.61. The Morgan fingerprint density at radius 3 is 2.71 bits per heavy atom. The topological polar surface area (TPSA) is 76.5 Å². The summed E-state index contributed by atoms with van der Waals surface area (Å²) in [6.45, 7) is 2.76. The second-order valence-corrected chi connectivity index (χ2v) is 8.73. The van der Waals surface area contributed by atoms with Crippen molar-refractivity contribution in [1.29, 1.82) is 0 Å². The monoisotopic (exact) mass is 470 g/mol. The SMILES string of the molecule is Cc1ccc(N2CCOC2=O)cc1NC(=O)/C=C/c1cn(-c2ccccc2)nc1-c1cccs1. The fourth-order valence-electron chi connectivity index (χ4n) is 3.71. The fourth-order valence-corrected chi connectivity index (χ4v) is 4.44. The summed E-state index contributed by atoms with van der Waals surface area (Å²) >= 11 is 1.60. The smallest absolute Gasteiger partial charge is 0.414 e. The van der Waals surface area contributed by atoms with Gasteiger partial charge in [0.1, 0.15) is 12.3 Å². The molecule has 2 aromatic heterocycles. The van der Waals surface area contributed by atoms with Gasteiger partial charge in [0.25, 0.3) is 0 Å². The zero-order valence-electron chi connectivity index (χ0n) is 18.5. The number of ether oxygens (including phenoxy) is 1. The Labute approximate surface area is 200 Å². The van der Waals surface area contributed by atoms with E-state index in [2.05, 4.69) is 5.32 Å². The van der Waals surface area contributed by atoms with Gasteiger partial charge in [-0.3, -0.25) is 9.69 Å². The first-order valence-corrected chi connectivity index (χ1v) is 11.7. The van der Waals surface area contributed by atoms with Crippen LogP contribution in [0.4, 0.5) is 16.2 Å². The van der Waals surface area contributed by atoms with Crippen molar-refractivity contribution in [3.63, 3.8) is 0 Å². The van der Waals surface area contributed by atoms with Gasteiger partial charge >= 0.3 is 6.09 Å². The van der Waals surface area contributed by atoms with Crippen LogP contribution in [-0.4, -0.2) is 34.9 Å². The van der Waals surface area contributed by atoms with E-state index in [0.29, 0.717) is 24.5 Å². The molecule has 1 aliphatic heterocycles. The van der Waals surface area contributed by atoms with Crippen LogP contribution in [0, 0.1) is 6.92 Å². The molecule has 170 valence electrons. The highest BCUT2D eigenvalue weighted by molar-refractivity contribution is 7.13. The molecular formula is C26H22N4O3S. The Hall–Kier alpha value is -4.17. The van der Waals surface area contributed by atoms with Crippen LogP contribution in [0.2, 0.25) is 0 Å². The van der Waals surface area contributed by atoms with E-state index in [1.807, 2.05) is 77.8 Å². The summed E-state index contributed by atoms with van der Waals surface area (Å²) in [5, 5.41) is 9.68. The van der Waals surface area contributed by atoms with E-state index >= 15 is 0 Å². The standard InChI is InChI=1S/C26H22N4O3S/c1-18-9-11-21(29-13-14-33-26(29)32)16-22(18)27-24(31)12-10-19-17-30(20-6-3-2-4-7-20)28-25(19)23-8-5-15-34-23/h2-12,15-17H,13-14H2,1H3,(H,27,31)/b12-10+. The van der Waals surface area contributed by atoms with Crippen LogP contribution < -0.4 is 10.2 Å². The molecule has 4 aromatic rings. The Morgan fingerprint density at radius 1 is 1.12 bits per heavy atom. The van der Waals surface area contributed by atoms with Gasteiger partial charge in [-0.25, -0.2) is 9.48 Å². The zero-order valence-corrected chi connectivity index (χ0v) is 19.3. The molecule has 0 spiro atoms. The van der Waals surface area contributed by atoms with Crippen LogP contribution in [0.3, 0.4) is 0 Å². The number of anilines is 2. The maximum atomic E-state index is 12.8. The van der Waals surface area contributed by atoms with E-state index in [4.69, 9.17) is 9.84 Å².